The molecule has 3 amide bonds. The number of carbonyl (C=O) groups excluding carboxylic acids is 3. The van der Waals surface area contributed by atoms with Crippen molar-refractivity contribution in [3.63, 3.8) is 0 Å². The van der Waals surface area contributed by atoms with Gasteiger partial charge in [0.15, 0.2) is 0 Å². The van der Waals surface area contributed by atoms with Gasteiger partial charge in [-0.05, 0) is 55.8 Å². The Kier molecular flexibility index (Phi) is 6.32. The maximum Gasteiger partial charge on any atom is 0.253 e. The molecule has 1 saturated carbocycles. The molecule has 0 spiro atoms. The SMILES string of the molecule is CN1CCN(C(=O)c2ccc(CNC(=O)c3cccc(NC(=O)C4CC4)c3)cc2)CC1. The first-order valence-corrected chi connectivity index (χ1v) is 10.8. The standard InChI is InChI=1S/C24H28N4O3/c1-27-11-13-28(14-12-27)24(31)19-7-5-17(6-8-19)16-25-22(29)20-3-2-4-21(15-20)26-23(30)18-9-10-18/h2-8,15,18H,9-14,16H2,1H3,(H,25,29)(H,26,30). The van der Waals surface area contributed by atoms with E-state index in [9.17, 15) is 14.4 Å². The van der Waals surface area contributed by atoms with Crippen LogP contribution in [0.15, 0.2) is 48.5 Å². The number of carbonyl (C=O) groups is 3. The molecule has 0 bridgehead atoms. The number of rotatable bonds is 6. The van der Waals surface area contributed by atoms with Gasteiger partial charge in [-0.25, -0.2) is 0 Å². The maximum atomic E-state index is 12.6. The Morgan fingerprint density at radius 2 is 1.65 bits per heavy atom. The molecule has 0 radical (unpaired) electrons. The molecule has 2 aromatic carbocycles. The lowest BCUT2D eigenvalue weighted by atomic mass is 10.1. The summed E-state index contributed by atoms with van der Waals surface area (Å²) in [4.78, 5) is 41.2. The van der Waals surface area contributed by atoms with Crippen LogP contribution in [0.5, 0.6) is 0 Å². The Balaban J connectivity index is 1.30. The van der Waals surface area contributed by atoms with Crippen LogP contribution in [0.3, 0.4) is 0 Å². The first kappa shape index (κ1) is 21.1. The van der Waals surface area contributed by atoms with E-state index in [0.29, 0.717) is 23.4 Å². The highest BCUT2D eigenvalue weighted by Crippen LogP contribution is 2.30. The summed E-state index contributed by atoms with van der Waals surface area (Å²) in [6.07, 6.45) is 1.87. The van der Waals surface area contributed by atoms with Crippen molar-refractivity contribution in [3.05, 3.63) is 65.2 Å². The normalized spacial score (nSPS) is 16.6. The van der Waals surface area contributed by atoms with Gasteiger partial charge in [0.25, 0.3) is 11.8 Å². The summed E-state index contributed by atoms with van der Waals surface area (Å²) in [6, 6.07) is 14.3. The minimum Gasteiger partial charge on any atom is -0.348 e. The summed E-state index contributed by atoms with van der Waals surface area (Å²) >= 11 is 0. The molecule has 1 heterocycles. The fourth-order valence-electron chi connectivity index (χ4n) is 3.57. The lowest BCUT2D eigenvalue weighted by Crippen LogP contribution is -2.47. The van der Waals surface area contributed by atoms with Crippen molar-refractivity contribution in [2.24, 2.45) is 5.92 Å². The van der Waals surface area contributed by atoms with E-state index in [1.807, 2.05) is 29.2 Å². The number of piperazine rings is 1. The fraction of sp³-hybridized carbons (Fsp3) is 0.375. The van der Waals surface area contributed by atoms with E-state index >= 15 is 0 Å². The number of hydrogen-bond acceptors (Lipinski definition) is 4. The van der Waals surface area contributed by atoms with Crippen LogP contribution in [-0.2, 0) is 11.3 Å². The summed E-state index contributed by atoms with van der Waals surface area (Å²) in [5.74, 6) is -0.0267. The lowest BCUT2D eigenvalue weighted by molar-refractivity contribution is -0.117. The molecular formula is C24H28N4O3. The van der Waals surface area contributed by atoms with E-state index in [2.05, 4.69) is 22.6 Å². The lowest BCUT2D eigenvalue weighted by Gasteiger charge is -2.32. The second-order valence-corrected chi connectivity index (χ2v) is 8.32. The van der Waals surface area contributed by atoms with Crippen LogP contribution in [0.1, 0.15) is 39.1 Å². The van der Waals surface area contributed by atoms with Crippen LogP contribution in [-0.4, -0.2) is 60.7 Å². The van der Waals surface area contributed by atoms with Crippen LogP contribution in [0.2, 0.25) is 0 Å². The third-order valence-electron chi connectivity index (χ3n) is 5.78. The van der Waals surface area contributed by atoms with E-state index in [0.717, 1.165) is 44.6 Å². The highest BCUT2D eigenvalue weighted by molar-refractivity contribution is 5.98. The highest BCUT2D eigenvalue weighted by atomic mass is 16.2. The Morgan fingerprint density at radius 3 is 2.32 bits per heavy atom. The summed E-state index contributed by atoms with van der Waals surface area (Å²) in [5, 5.41) is 5.76. The summed E-state index contributed by atoms with van der Waals surface area (Å²) in [7, 11) is 2.06. The van der Waals surface area contributed by atoms with Crippen LogP contribution in [0.25, 0.3) is 0 Å². The third-order valence-corrected chi connectivity index (χ3v) is 5.78. The maximum absolute atomic E-state index is 12.6. The van der Waals surface area contributed by atoms with E-state index in [1.165, 1.54) is 0 Å². The molecule has 2 fully saturated rings. The minimum absolute atomic E-state index is 0.0174. The molecule has 162 valence electrons. The average Bonchev–Trinajstić information content (AvgIpc) is 3.64. The largest absolute Gasteiger partial charge is 0.348 e. The molecule has 2 aliphatic rings. The van der Waals surface area contributed by atoms with Crippen LogP contribution in [0, 0.1) is 5.92 Å². The second-order valence-electron chi connectivity index (χ2n) is 8.32. The van der Waals surface area contributed by atoms with Crippen molar-refractivity contribution < 1.29 is 14.4 Å². The molecule has 31 heavy (non-hydrogen) atoms. The number of benzene rings is 2. The third kappa shape index (κ3) is 5.49. The van der Waals surface area contributed by atoms with Gasteiger partial charge in [0, 0.05) is 55.5 Å². The van der Waals surface area contributed by atoms with Gasteiger partial charge in [-0.3, -0.25) is 14.4 Å². The zero-order valence-corrected chi connectivity index (χ0v) is 17.8. The molecule has 0 aromatic heterocycles. The van der Waals surface area contributed by atoms with Gasteiger partial charge in [-0.2, -0.15) is 0 Å². The molecule has 0 unspecified atom stereocenters. The summed E-state index contributed by atoms with van der Waals surface area (Å²) < 4.78 is 0. The molecule has 1 aliphatic heterocycles. The zero-order valence-electron chi connectivity index (χ0n) is 17.8. The number of hydrogen-bond donors (Lipinski definition) is 2. The predicted molar refractivity (Wildman–Crippen MR) is 119 cm³/mol. The van der Waals surface area contributed by atoms with E-state index in [-0.39, 0.29) is 23.6 Å². The number of likely N-dealkylation sites (N-methyl/N-ethyl adjacent to an activating group) is 1. The van der Waals surface area contributed by atoms with Gasteiger partial charge in [-0.1, -0.05) is 18.2 Å². The smallest absolute Gasteiger partial charge is 0.253 e. The molecule has 2 N–H and O–H groups in total. The van der Waals surface area contributed by atoms with Crippen molar-refractivity contribution >= 4 is 23.4 Å². The summed E-state index contributed by atoms with van der Waals surface area (Å²) in [5.41, 5.74) is 2.71. The topological polar surface area (TPSA) is 81.8 Å². The van der Waals surface area contributed by atoms with Gasteiger partial charge >= 0.3 is 0 Å². The van der Waals surface area contributed by atoms with Crippen LogP contribution >= 0.6 is 0 Å². The molecule has 7 heteroatoms. The molecule has 1 aliphatic carbocycles. The Morgan fingerprint density at radius 1 is 0.935 bits per heavy atom. The summed E-state index contributed by atoms with van der Waals surface area (Å²) in [6.45, 7) is 3.63. The monoisotopic (exact) mass is 420 g/mol. The van der Waals surface area contributed by atoms with Crippen molar-refractivity contribution in [2.45, 2.75) is 19.4 Å². The number of anilines is 1. The molecule has 1 saturated heterocycles. The van der Waals surface area contributed by atoms with Crippen LogP contribution < -0.4 is 10.6 Å². The zero-order chi connectivity index (χ0) is 21.8. The quantitative estimate of drug-likeness (QED) is 0.752. The first-order chi connectivity index (χ1) is 15.0. The van der Waals surface area contributed by atoms with Gasteiger partial charge in [0.2, 0.25) is 5.91 Å². The average molecular weight is 421 g/mol. The molecule has 4 rings (SSSR count). The van der Waals surface area contributed by atoms with E-state index in [4.69, 9.17) is 0 Å². The Labute approximate surface area is 182 Å². The van der Waals surface area contributed by atoms with Crippen molar-refractivity contribution in [1.29, 1.82) is 0 Å². The van der Waals surface area contributed by atoms with Crippen molar-refractivity contribution in [2.75, 3.05) is 38.5 Å². The van der Waals surface area contributed by atoms with Gasteiger partial charge in [0.1, 0.15) is 0 Å². The van der Waals surface area contributed by atoms with Gasteiger partial charge in [-0.15, -0.1) is 0 Å². The molecular weight excluding hydrogens is 392 g/mol. The number of amides is 3. The minimum atomic E-state index is -0.208. The fourth-order valence-corrected chi connectivity index (χ4v) is 3.57. The van der Waals surface area contributed by atoms with Gasteiger partial charge < -0.3 is 20.4 Å². The Bertz CT molecular complexity index is 961. The molecule has 0 atom stereocenters. The number of nitrogens with one attached hydrogen (secondary N) is 2. The van der Waals surface area contributed by atoms with Crippen molar-refractivity contribution in [3.8, 4) is 0 Å². The van der Waals surface area contributed by atoms with Crippen LogP contribution in [0.4, 0.5) is 5.69 Å². The number of nitrogens with zero attached hydrogens (tertiary/aromatic N) is 2. The highest BCUT2D eigenvalue weighted by Gasteiger charge is 2.29. The molecule has 7 nitrogen and oxygen atoms in total. The van der Waals surface area contributed by atoms with E-state index < -0.39 is 0 Å². The van der Waals surface area contributed by atoms with Gasteiger partial charge in [0.05, 0.1) is 0 Å². The second kappa shape index (κ2) is 9.31. The molecule has 2 aromatic rings. The Hall–Kier alpha value is -3.19. The van der Waals surface area contributed by atoms with Crippen molar-refractivity contribution in [1.82, 2.24) is 15.1 Å². The predicted octanol–water partition coefficient (Wildman–Crippen LogP) is 2.35. The van der Waals surface area contributed by atoms with E-state index in [1.54, 1.807) is 24.3 Å². The first-order valence-electron chi connectivity index (χ1n) is 10.8.